The van der Waals surface area contributed by atoms with Crippen molar-refractivity contribution in [2.24, 2.45) is 0 Å². The van der Waals surface area contributed by atoms with Crippen molar-refractivity contribution in [3.63, 3.8) is 0 Å². The van der Waals surface area contributed by atoms with Gasteiger partial charge in [0.15, 0.2) is 0 Å². The molecule has 3 heterocycles. The van der Waals surface area contributed by atoms with Crippen LogP contribution in [-0.2, 0) is 6.42 Å². The van der Waals surface area contributed by atoms with Gasteiger partial charge in [0.05, 0.1) is 17.4 Å². The van der Waals surface area contributed by atoms with Crippen molar-refractivity contribution in [2.45, 2.75) is 32.2 Å². The second-order valence-electron chi connectivity index (χ2n) is 6.39. The Morgan fingerprint density at radius 2 is 2.15 bits per heavy atom. The molecule has 2 aromatic heterocycles. The van der Waals surface area contributed by atoms with Crippen LogP contribution in [0, 0.1) is 6.92 Å². The summed E-state index contributed by atoms with van der Waals surface area (Å²) < 4.78 is 5.98. The standard InChI is InChI=1S/C19H18ClN3O2S/c1-12-17(26-11-22-12)19(24)23-8-2-3-16(23)18-21-10-15(25-18)9-13-4-6-14(20)7-5-13/h4-7,10-11,16H,2-3,8-9H2,1H3. The number of thiazole rings is 1. The van der Waals surface area contributed by atoms with Gasteiger partial charge in [-0.05, 0) is 37.5 Å². The van der Waals surface area contributed by atoms with Crippen molar-refractivity contribution in [2.75, 3.05) is 6.54 Å². The fourth-order valence-electron chi connectivity index (χ4n) is 3.27. The zero-order valence-electron chi connectivity index (χ0n) is 14.3. The summed E-state index contributed by atoms with van der Waals surface area (Å²) in [6, 6.07) is 7.57. The van der Waals surface area contributed by atoms with Gasteiger partial charge < -0.3 is 9.32 Å². The summed E-state index contributed by atoms with van der Waals surface area (Å²) >= 11 is 7.31. The average molecular weight is 388 g/mol. The van der Waals surface area contributed by atoms with Crippen LogP contribution in [0.3, 0.4) is 0 Å². The molecule has 0 bridgehead atoms. The van der Waals surface area contributed by atoms with E-state index in [0.717, 1.165) is 36.4 Å². The van der Waals surface area contributed by atoms with Crippen LogP contribution in [0.2, 0.25) is 5.02 Å². The molecular formula is C19H18ClN3O2S. The number of halogens is 1. The summed E-state index contributed by atoms with van der Waals surface area (Å²) in [5.41, 5.74) is 3.60. The Labute approximate surface area is 160 Å². The van der Waals surface area contributed by atoms with E-state index in [2.05, 4.69) is 9.97 Å². The van der Waals surface area contributed by atoms with E-state index < -0.39 is 0 Å². The van der Waals surface area contributed by atoms with Crippen molar-refractivity contribution in [3.8, 4) is 0 Å². The SMILES string of the molecule is Cc1ncsc1C(=O)N1CCCC1c1ncc(Cc2ccc(Cl)cc2)o1. The van der Waals surface area contributed by atoms with Crippen LogP contribution in [0.15, 0.2) is 40.4 Å². The summed E-state index contributed by atoms with van der Waals surface area (Å²) in [6.45, 7) is 2.58. The summed E-state index contributed by atoms with van der Waals surface area (Å²) in [6.07, 6.45) is 4.22. The predicted octanol–water partition coefficient (Wildman–Crippen LogP) is 4.66. The lowest BCUT2D eigenvalue weighted by molar-refractivity contribution is 0.0718. The van der Waals surface area contributed by atoms with E-state index in [9.17, 15) is 4.79 Å². The van der Waals surface area contributed by atoms with E-state index in [4.69, 9.17) is 16.0 Å². The van der Waals surface area contributed by atoms with Crippen molar-refractivity contribution >= 4 is 28.8 Å². The highest BCUT2D eigenvalue weighted by Crippen LogP contribution is 2.34. The fourth-order valence-corrected chi connectivity index (χ4v) is 4.15. The van der Waals surface area contributed by atoms with Crippen molar-refractivity contribution in [3.05, 3.63) is 68.8 Å². The van der Waals surface area contributed by atoms with Crippen molar-refractivity contribution in [1.29, 1.82) is 0 Å². The topological polar surface area (TPSA) is 59.2 Å². The van der Waals surface area contributed by atoms with Gasteiger partial charge in [0, 0.05) is 18.0 Å². The molecular weight excluding hydrogens is 370 g/mol. The molecule has 1 unspecified atom stereocenters. The largest absolute Gasteiger partial charge is 0.443 e. The lowest BCUT2D eigenvalue weighted by atomic mass is 10.1. The van der Waals surface area contributed by atoms with Crippen molar-refractivity contribution in [1.82, 2.24) is 14.9 Å². The maximum Gasteiger partial charge on any atom is 0.266 e. The Balaban J connectivity index is 1.52. The predicted molar refractivity (Wildman–Crippen MR) is 101 cm³/mol. The summed E-state index contributed by atoms with van der Waals surface area (Å²) in [7, 11) is 0. The smallest absolute Gasteiger partial charge is 0.266 e. The molecule has 0 N–H and O–H groups in total. The maximum atomic E-state index is 12.9. The van der Waals surface area contributed by atoms with E-state index in [1.807, 2.05) is 36.1 Å². The van der Waals surface area contributed by atoms with Gasteiger partial charge in [0.2, 0.25) is 5.89 Å². The first-order valence-corrected chi connectivity index (χ1v) is 9.77. The number of oxazole rings is 1. The molecule has 134 valence electrons. The van der Waals surface area contributed by atoms with Gasteiger partial charge in [-0.2, -0.15) is 0 Å². The third-order valence-electron chi connectivity index (χ3n) is 4.60. The second kappa shape index (κ2) is 7.21. The van der Waals surface area contributed by atoms with Gasteiger partial charge in [-0.25, -0.2) is 9.97 Å². The summed E-state index contributed by atoms with van der Waals surface area (Å²) in [5.74, 6) is 1.42. The van der Waals surface area contributed by atoms with Gasteiger partial charge in [0.25, 0.3) is 5.91 Å². The van der Waals surface area contributed by atoms with Crippen LogP contribution in [0.25, 0.3) is 0 Å². The molecule has 0 aliphatic carbocycles. The zero-order valence-corrected chi connectivity index (χ0v) is 15.9. The minimum Gasteiger partial charge on any atom is -0.443 e. The zero-order chi connectivity index (χ0) is 18.1. The molecule has 26 heavy (non-hydrogen) atoms. The molecule has 0 saturated carbocycles. The molecule has 1 aromatic carbocycles. The van der Waals surface area contributed by atoms with Crippen LogP contribution >= 0.6 is 22.9 Å². The molecule has 4 rings (SSSR count). The van der Waals surface area contributed by atoms with E-state index in [1.165, 1.54) is 11.3 Å². The Morgan fingerprint density at radius 1 is 1.35 bits per heavy atom. The van der Waals surface area contributed by atoms with Gasteiger partial charge in [-0.15, -0.1) is 11.3 Å². The van der Waals surface area contributed by atoms with E-state index in [1.54, 1.807) is 11.7 Å². The Kier molecular flexibility index (Phi) is 4.78. The number of benzene rings is 1. The number of nitrogens with zero attached hydrogens (tertiary/aromatic N) is 3. The number of carbonyl (C=O) groups is 1. The quantitative estimate of drug-likeness (QED) is 0.653. The normalized spacial score (nSPS) is 17.0. The number of rotatable bonds is 4. The Morgan fingerprint density at radius 3 is 2.88 bits per heavy atom. The van der Waals surface area contributed by atoms with Crippen LogP contribution in [-0.4, -0.2) is 27.3 Å². The molecule has 3 aromatic rings. The fraction of sp³-hybridized carbons (Fsp3) is 0.316. The minimum atomic E-state index is -0.108. The monoisotopic (exact) mass is 387 g/mol. The van der Waals surface area contributed by atoms with E-state index >= 15 is 0 Å². The van der Waals surface area contributed by atoms with Gasteiger partial charge in [-0.1, -0.05) is 23.7 Å². The molecule has 1 fully saturated rings. The first kappa shape index (κ1) is 17.2. The number of likely N-dealkylation sites (tertiary alicyclic amines) is 1. The van der Waals surface area contributed by atoms with Crippen LogP contribution in [0.4, 0.5) is 0 Å². The molecule has 1 atom stereocenters. The van der Waals surface area contributed by atoms with Crippen molar-refractivity contribution < 1.29 is 9.21 Å². The summed E-state index contributed by atoms with van der Waals surface area (Å²) in [5, 5.41) is 0.713. The number of aryl methyl sites for hydroxylation is 1. The Hall–Kier alpha value is -2.18. The minimum absolute atomic E-state index is 0.0185. The van der Waals surface area contributed by atoms with Crippen LogP contribution < -0.4 is 0 Å². The van der Waals surface area contributed by atoms with Crippen LogP contribution in [0.1, 0.15) is 51.5 Å². The van der Waals surface area contributed by atoms with Gasteiger partial charge >= 0.3 is 0 Å². The van der Waals surface area contributed by atoms with E-state index in [0.29, 0.717) is 22.2 Å². The molecule has 0 spiro atoms. The molecule has 1 saturated heterocycles. The number of carbonyl (C=O) groups excluding carboxylic acids is 1. The number of hydrogen-bond acceptors (Lipinski definition) is 5. The number of hydrogen-bond donors (Lipinski definition) is 0. The maximum absolute atomic E-state index is 12.9. The highest BCUT2D eigenvalue weighted by Gasteiger charge is 2.35. The lowest BCUT2D eigenvalue weighted by Gasteiger charge is -2.21. The molecule has 1 aliphatic rings. The molecule has 0 radical (unpaired) electrons. The third-order valence-corrected chi connectivity index (χ3v) is 5.77. The van der Waals surface area contributed by atoms with E-state index in [-0.39, 0.29) is 11.9 Å². The highest BCUT2D eigenvalue weighted by molar-refractivity contribution is 7.11. The molecule has 1 amide bonds. The highest BCUT2D eigenvalue weighted by atomic mass is 35.5. The molecule has 5 nitrogen and oxygen atoms in total. The van der Waals surface area contributed by atoms with Crippen LogP contribution in [0.5, 0.6) is 0 Å². The number of amides is 1. The second-order valence-corrected chi connectivity index (χ2v) is 7.68. The first-order valence-electron chi connectivity index (χ1n) is 8.52. The molecule has 7 heteroatoms. The van der Waals surface area contributed by atoms with Gasteiger partial charge in [0.1, 0.15) is 16.7 Å². The first-order chi connectivity index (χ1) is 12.6. The van der Waals surface area contributed by atoms with Gasteiger partial charge in [-0.3, -0.25) is 4.79 Å². The third kappa shape index (κ3) is 3.39. The number of aromatic nitrogens is 2. The molecule has 1 aliphatic heterocycles. The Bertz CT molecular complexity index is 919. The summed E-state index contributed by atoms with van der Waals surface area (Å²) in [4.78, 5) is 24.1. The lowest BCUT2D eigenvalue weighted by Crippen LogP contribution is -2.30. The average Bonchev–Trinajstić information content (AvgIpc) is 3.36.